The van der Waals surface area contributed by atoms with E-state index in [1.165, 1.54) is 6.07 Å². The predicted octanol–water partition coefficient (Wildman–Crippen LogP) is 3.65. The lowest BCUT2D eigenvalue weighted by Crippen LogP contribution is -2.38. The Labute approximate surface area is 162 Å². The number of pyridine rings is 1. The minimum absolute atomic E-state index is 0.136. The number of halogens is 5. The summed E-state index contributed by atoms with van der Waals surface area (Å²) in [6.45, 7) is 1.31. The Morgan fingerprint density at radius 3 is 2.67 bits per heavy atom. The van der Waals surface area contributed by atoms with E-state index >= 15 is 0 Å². The SMILES string of the molecule is C/C=C/CC(CO)NC(=O)c1cnn(-c2ncc(Cl)cc2Cl)c1C(F)(F)F. The minimum atomic E-state index is -4.91. The molecule has 0 saturated carbocycles. The highest BCUT2D eigenvalue weighted by Crippen LogP contribution is 2.35. The Bertz CT molecular complexity index is 853. The lowest BCUT2D eigenvalue weighted by Gasteiger charge is -2.16. The van der Waals surface area contributed by atoms with Gasteiger partial charge >= 0.3 is 6.18 Å². The Kier molecular flexibility index (Phi) is 6.85. The second-order valence-corrected chi connectivity index (χ2v) is 6.28. The van der Waals surface area contributed by atoms with Crippen molar-refractivity contribution < 1.29 is 23.1 Å². The molecule has 0 spiro atoms. The van der Waals surface area contributed by atoms with Crippen LogP contribution in [0.15, 0.2) is 30.6 Å². The van der Waals surface area contributed by atoms with Crippen LogP contribution in [0.2, 0.25) is 10.0 Å². The summed E-state index contributed by atoms with van der Waals surface area (Å²) in [5, 5.41) is 15.2. The Hall–Kier alpha value is -2.10. The van der Waals surface area contributed by atoms with E-state index in [-0.39, 0.29) is 22.3 Å². The quantitative estimate of drug-likeness (QED) is 0.696. The number of hydrogen-bond donors (Lipinski definition) is 2. The fourth-order valence-electron chi connectivity index (χ4n) is 2.25. The zero-order valence-corrected chi connectivity index (χ0v) is 15.5. The molecule has 2 heterocycles. The maximum atomic E-state index is 13.6. The molecule has 0 radical (unpaired) electrons. The number of alkyl halides is 3. The van der Waals surface area contributed by atoms with E-state index in [0.29, 0.717) is 4.68 Å². The maximum Gasteiger partial charge on any atom is 0.434 e. The molecule has 0 aliphatic heterocycles. The van der Waals surface area contributed by atoms with E-state index in [4.69, 9.17) is 23.2 Å². The largest absolute Gasteiger partial charge is 0.434 e. The predicted molar refractivity (Wildman–Crippen MR) is 94.2 cm³/mol. The number of aromatic nitrogens is 3. The number of carbonyl (C=O) groups is 1. The van der Waals surface area contributed by atoms with Gasteiger partial charge in [-0.05, 0) is 19.4 Å². The van der Waals surface area contributed by atoms with Gasteiger partial charge in [-0.2, -0.15) is 18.3 Å². The third-order valence-corrected chi connectivity index (χ3v) is 3.97. The summed E-state index contributed by atoms with van der Waals surface area (Å²) in [6.07, 6.45) is 0.609. The van der Waals surface area contributed by atoms with Crippen molar-refractivity contribution >= 4 is 29.1 Å². The van der Waals surface area contributed by atoms with Gasteiger partial charge in [0.1, 0.15) is 0 Å². The Morgan fingerprint density at radius 2 is 2.11 bits per heavy atom. The van der Waals surface area contributed by atoms with Gasteiger partial charge in [0, 0.05) is 6.20 Å². The van der Waals surface area contributed by atoms with E-state index in [9.17, 15) is 23.1 Å². The van der Waals surface area contributed by atoms with Crippen molar-refractivity contribution in [1.82, 2.24) is 20.1 Å². The van der Waals surface area contributed by atoms with Crippen molar-refractivity contribution in [2.24, 2.45) is 0 Å². The molecule has 2 rings (SSSR count). The average molecular weight is 423 g/mol. The van der Waals surface area contributed by atoms with Crippen LogP contribution in [-0.2, 0) is 6.18 Å². The number of rotatable bonds is 6. The molecule has 2 aromatic heterocycles. The third kappa shape index (κ3) is 5.00. The normalized spacial score (nSPS) is 13.1. The first-order valence-electron chi connectivity index (χ1n) is 7.68. The molecule has 0 fully saturated rings. The molecule has 1 unspecified atom stereocenters. The number of carbonyl (C=O) groups excluding carboxylic acids is 1. The molecular formula is C16H15Cl2F3N4O2. The van der Waals surface area contributed by atoms with E-state index in [0.717, 1.165) is 12.4 Å². The summed E-state index contributed by atoms with van der Waals surface area (Å²) >= 11 is 11.6. The van der Waals surface area contributed by atoms with Crippen molar-refractivity contribution in [3.8, 4) is 5.82 Å². The fraction of sp³-hybridized carbons (Fsp3) is 0.312. The van der Waals surface area contributed by atoms with Gasteiger partial charge in [-0.1, -0.05) is 35.4 Å². The van der Waals surface area contributed by atoms with Crippen molar-refractivity contribution in [3.05, 3.63) is 51.9 Å². The molecule has 27 heavy (non-hydrogen) atoms. The summed E-state index contributed by atoms with van der Waals surface area (Å²) in [6, 6.07) is 0.474. The van der Waals surface area contributed by atoms with Crippen LogP contribution in [0.4, 0.5) is 13.2 Å². The topological polar surface area (TPSA) is 80.0 Å². The molecule has 2 aromatic rings. The molecular weight excluding hydrogens is 408 g/mol. The second kappa shape index (κ2) is 8.73. The van der Waals surface area contributed by atoms with E-state index < -0.39 is 36.0 Å². The van der Waals surface area contributed by atoms with Gasteiger partial charge in [0.05, 0.1) is 34.5 Å². The number of nitrogens with zero attached hydrogens (tertiary/aromatic N) is 3. The number of allylic oxidation sites excluding steroid dienone is 1. The van der Waals surface area contributed by atoms with Crippen LogP contribution in [0.5, 0.6) is 0 Å². The summed E-state index contributed by atoms with van der Waals surface area (Å²) in [4.78, 5) is 16.1. The summed E-state index contributed by atoms with van der Waals surface area (Å²) in [5.41, 5.74) is -2.05. The van der Waals surface area contributed by atoms with Crippen LogP contribution in [0.3, 0.4) is 0 Å². The van der Waals surface area contributed by atoms with Gasteiger partial charge in [0.2, 0.25) is 0 Å². The number of hydrogen-bond acceptors (Lipinski definition) is 4. The molecule has 2 N–H and O–H groups in total. The smallest absolute Gasteiger partial charge is 0.394 e. The first-order valence-corrected chi connectivity index (χ1v) is 8.44. The first-order chi connectivity index (χ1) is 12.7. The molecule has 6 nitrogen and oxygen atoms in total. The van der Waals surface area contributed by atoms with Gasteiger partial charge in [-0.25, -0.2) is 9.67 Å². The third-order valence-electron chi connectivity index (χ3n) is 3.48. The Balaban J connectivity index is 2.46. The van der Waals surface area contributed by atoms with Crippen LogP contribution in [0.1, 0.15) is 29.4 Å². The number of aliphatic hydroxyl groups is 1. The van der Waals surface area contributed by atoms with Crippen LogP contribution >= 0.6 is 23.2 Å². The van der Waals surface area contributed by atoms with Crippen molar-refractivity contribution in [1.29, 1.82) is 0 Å². The molecule has 0 aliphatic carbocycles. The molecule has 11 heteroatoms. The van der Waals surface area contributed by atoms with Crippen LogP contribution < -0.4 is 5.32 Å². The molecule has 1 amide bonds. The zero-order chi connectivity index (χ0) is 20.2. The lowest BCUT2D eigenvalue weighted by atomic mass is 10.1. The van der Waals surface area contributed by atoms with Gasteiger partial charge < -0.3 is 10.4 Å². The number of aliphatic hydroxyl groups excluding tert-OH is 1. The lowest BCUT2D eigenvalue weighted by molar-refractivity contribution is -0.143. The number of nitrogens with one attached hydrogen (secondary N) is 1. The van der Waals surface area contributed by atoms with Gasteiger partial charge in [0.15, 0.2) is 11.5 Å². The highest BCUT2D eigenvalue weighted by molar-refractivity contribution is 6.35. The molecule has 1 atom stereocenters. The van der Waals surface area contributed by atoms with Crippen molar-refractivity contribution in [2.45, 2.75) is 25.6 Å². The van der Waals surface area contributed by atoms with Crippen LogP contribution in [0.25, 0.3) is 5.82 Å². The van der Waals surface area contributed by atoms with E-state index in [2.05, 4.69) is 15.4 Å². The zero-order valence-electron chi connectivity index (χ0n) is 14.0. The average Bonchev–Trinajstić information content (AvgIpc) is 3.03. The minimum Gasteiger partial charge on any atom is -0.394 e. The highest BCUT2D eigenvalue weighted by Gasteiger charge is 2.41. The van der Waals surface area contributed by atoms with E-state index in [1.54, 1.807) is 19.1 Å². The van der Waals surface area contributed by atoms with Crippen molar-refractivity contribution in [3.63, 3.8) is 0 Å². The molecule has 0 bridgehead atoms. The van der Waals surface area contributed by atoms with Gasteiger partial charge in [-0.15, -0.1) is 0 Å². The first kappa shape index (κ1) is 21.2. The van der Waals surface area contributed by atoms with E-state index in [1.807, 2.05) is 0 Å². The monoisotopic (exact) mass is 422 g/mol. The fourth-order valence-corrected chi connectivity index (χ4v) is 2.71. The number of amides is 1. The maximum absolute atomic E-state index is 13.6. The summed E-state index contributed by atoms with van der Waals surface area (Å²) in [5.74, 6) is -1.35. The van der Waals surface area contributed by atoms with Crippen LogP contribution in [0, 0.1) is 0 Å². The molecule has 0 saturated heterocycles. The Morgan fingerprint density at radius 1 is 1.41 bits per heavy atom. The van der Waals surface area contributed by atoms with Crippen LogP contribution in [-0.4, -0.2) is 38.4 Å². The standard InChI is InChI=1S/C16H15Cl2F3N4O2/c1-2-3-4-10(8-26)24-15(27)11-7-23-25(13(11)16(19,20)21)14-12(18)5-9(17)6-22-14/h2-3,5-7,10,26H,4,8H2,1H3,(H,24,27)/b3-2+. The summed E-state index contributed by atoms with van der Waals surface area (Å²) in [7, 11) is 0. The highest BCUT2D eigenvalue weighted by atomic mass is 35.5. The molecule has 0 aliphatic rings. The molecule has 146 valence electrons. The van der Waals surface area contributed by atoms with Gasteiger partial charge in [0.25, 0.3) is 5.91 Å². The second-order valence-electron chi connectivity index (χ2n) is 5.43. The molecule has 0 aromatic carbocycles. The van der Waals surface area contributed by atoms with Crippen molar-refractivity contribution in [2.75, 3.05) is 6.61 Å². The van der Waals surface area contributed by atoms with Gasteiger partial charge in [-0.3, -0.25) is 4.79 Å². The summed E-state index contributed by atoms with van der Waals surface area (Å²) < 4.78 is 41.3.